The van der Waals surface area contributed by atoms with Crippen LogP contribution < -0.4 is 5.32 Å². The lowest BCUT2D eigenvalue weighted by atomic mass is 9.74. The molecule has 164 valence electrons. The smallest absolute Gasteiger partial charge is 0.317 e. The topological polar surface area (TPSA) is 70.6 Å². The fraction of sp³-hybridized carbons (Fsp3) is 0.542. The first kappa shape index (κ1) is 20.4. The lowest BCUT2D eigenvalue weighted by Gasteiger charge is -2.50. The zero-order valence-electron chi connectivity index (χ0n) is 18.2. The van der Waals surface area contributed by atoms with Gasteiger partial charge in [-0.25, -0.2) is 14.8 Å². The Morgan fingerprint density at radius 2 is 1.97 bits per heavy atom. The van der Waals surface area contributed by atoms with Crippen molar-refractivity contribution in [3.8, 4) is 11.3 Å². The Morgan fingerprint density at radius 1 is 1.16 bits per heavy atom. The van der Waals surface area contributed by atoms with Gasteiger partial charge in [0.05, 0.1) is 18.9 Å². The summed E-state index contributed by atoms with van der Waals surface area (Å²) in [6.07, 6.45) is 2.31. The molecule has 4 saturated heterocycles. The number of fused-ring (bicyclic) bond motifs is 3. The molecule has 6 rings (SSSR count). The van der Waals surface area contributed by atoms with Gasteiger partial charge in [-0.3, -0.25) is 4.90 Å². The molecular weight excluding hydrogens is 390 g/mol. The maximum atomic E-state index is 12.5. The number of hydrogen-bond acceptors (Lipinski definition) is 5. The van der Waals surface area contributed by atoms with Crippen LogP contribution in [0.3, 0.4) is 0 Å². The van der Waals surface area contributed by atoms with Gasteiger partial charge in [-0.05, 0) is 38.3 Å². The highest BCUT2D eigenvalue weighted by molar-refractivity contribution is 5.74. The normalized spacial score (nSPS) is 27.8. The third-order valence-corrected chi connectivity index (χ3v) is 6.97. The quantitative estimate of drug-likeness (QED) is 0.822. The van der Waals surface area contributed by atoms with E-state index in [0.29, 0.717) is 44.2 Å². The lowest BCUT2D eigenvalue weighted by molar-refractivity contribution is 0.0274. The molecule has 2 aromatic rings. The Hall–Kier alpha value is -2.51. The van der Waals surface area contributed by atoms with Gasteiger partial charge in [0.25, 0.3) is 0 Å². The van der Waals surface area contributed by atoms with Crippen molar-refractivity contribution < 1.29 is 9.53 Å². The standard InChI is InChI=1S/C24H31N5O2/c1-17-26-22(18-5-3-2-4-6-18)14-23(27-17)21-16-29-8-7-19(21)13-20(29)15-25-24(30)28-9-11-31-12-10-28/h2-6,14,19-21H,7-13,15-16H2,1H3,(H,25,30). The van der Waals surface area contributed by atoms with Crippen LogP contribution in [0, 0.1) is 12.8 Å². The minimum atomic E-state index is 0.0430. The number of carbonyl (C=O) groups excluding carboxylic acids is 1. The molecule has 0 radical (unpaired) electrons. The second kappa shape index (κ2) is 8.93. The Kier molecular flexibility index (Phi) is 5.87. The summed E-state index contributed by atoms with van der Waals surface area (Å²) in [5.41, 5.74) is 3.31. The number of aromatic nitrogens is 2. The summed E-state index contributed by atoms with van der Waals surface area (Å²) in [4.78, 5) is 26.4. The summed E-state index contributed by atoms with van der Waals surface area (Å²) in [7, 11) is 0. The first-order chi connectivity index (χ1) is 15.2. The van der Waals surface area contributed by atoms with Crippen molar-refractivity contribution in [1.82, 2.24) is 25.1 Å². The van der Waals surface area contributed by atoms with Crippen molar-refractivity contribution in [3.63, 3.8) is 0 Å². The van der Waals surface area contributed by atoms with Crippen molar-refractivity contribution in [2.24, 2.45) is 5.92 Å². The SMILES string of the molecule is Cc1nc(-c2ccccc2)cc(C2CN3CCC2CC3CNC(=O)N2CCOCC2)n1. The van der Waals surface area contributed by atoms with Crippen molar-refractivity contribution in [2.75, 3.05) is 45.9 Å². The third kappa shape index (κ3) is 4.43. The highest BCUT2D eigenvalue weighted by Crippen LogP contribution is 2.41. The van der Waals surface area contributed by atoms with Gasteiger partial charge in [0.1, 0.15) is 5.82 Å². The first-order valence-electron chi connectivity index (χ1n) is 11.4. The Morgan fingerprint density at radius 3 is 2.71 bits per heavy atom. The molecule has 4 atom stereocenters. The summed E-state index contributed by atoms with van der Waals surface area (Å²) in [6.45, 7) is 7.45. The highest BCUT2D eigenvalue weighted by atomic mass is 16.5. The molecule has 1 N–H and O–H groups in total. The van der Waals surface area contributed by atoms with Gasteiger partial charge in [0.15, 0.2) is 0 Å². The van der Waals surface area contributed by atoms with E-state index in [1.807, 2.05) is 17.9 Å². The number of nitrogens with zero attached hydrogens (tertiary/aromatic N) is 4. The number of rotatable bonds is 4. The molecule has 4 fully saturated rings. The van der Waals surface area contributed by atoms with Gasteiger partial charge in [0.2, 0.25) is 0 Å². The third-order valence-electron chi connectivity index (χ3n) is 6.97. The molecule has 2 amide bonds. The van der Waals surface area contributed by atoms with Gasteiger partial charge in [-0.2, -0.15) is 0 Å². The summed E-state index contributed by atoms with van der Waals surface area (Å²) in [5.74, 6) is 1.87. The van der Waals surface area contributed by atoms with E-state index in [1.165, 1.54) is 6.42 Å². The van der Waals surface area contributed by atoms with E-state index in [9.17, 15) is 4.79 Å². The number of hydrogen-bond donors (Lipinski definition) is 1. The Labute approximate surface area is 183 Å². The first-order valence-corrected chi connectivity index (χ1v) is 11.4. The summed E-state index contributed by atoms with van der Waals surface area (Å²) in [5, 5.41) is 3.17. The van der Waals surface area contributed by atoms with Gasteiger partial charge in [-0.1, -0.05) is 30.3 Å². The maximum absolute atomic E-state index is 12.5. The summed E-state index contributed by atoms with van der Waals surface area (Å²) in [6, 6.07) is 13.0. The highest BCUT2D eigenvalue weighted by Gasteiger charge is 2.41. The molecule has 4 aliphatic rings. The van der Waals surface area contributed by atoms with E-state index in [2.05, 4.69) is 45.5 Å². The Bertz CT molecular complexity index is 915. The number of amides is 2. The molecule has 7 nitrogen and oxygen atoms in total. The van der Waals surface area contributed by atoms with E-state index in [-0.39, 0.29) is 6.03 Å². The maximum Gasteiger partial charge on any atom is 0.317 e. The van der Waals surface area contributed by atoms with Crippen LogP contribution in [-0.2, 0) is 4.74 Å². The largest absolute Gasteiger partial charge is 0.378 e. The molecule has 5 heterocycles. The van der Waals surface area contributed by atoms with Gasteiger partial charge >= 0.3 is 6.03 Å². The van der Waals surface area contributed by atoms with Crippen molar-refractivity contribution in [1.29, 1.82) is 0 Å². The number of nitrogens with one attached hydrogen (secondary N) is 1. The molecular formula is C24H31N5O2. The predicted molar refractivity (Wildman–Crippen MR) is 119 cm³/mol. The molecule has 4 aliphatic heterocycles. The van der Waals surface area contributed by atoms with E-state index in [0.717, 1.165) is 48.8 Å². The molecule has 7 heteroatoms. The van der Waals surface area contributed by atoms with Crippen LogP contribution in [0.5, 0.6) is 0 Å². The van der Waals surface area contributed by atoms with Crippen LogP contribution in [0.15, 0.2) is 36.4 Å². The molecule has 2 bridgehead atoms. The molecule has 0 saturated carbocycles. The average molecular weight is 422 g/mol. The van der Waals surface area contributed by atoms with Gasteiger partial charge in [0, 0.05) is 49.4 Å². The van der Waals surface area contributed by atoms with Crippen molar-refractivity contribution >= 4 is 6.03 Å². The van der Waals surface area contributed by atoms with E-state index >= 15 is 0 Å². The molecule has 0 aliphatic carbocycles. The fourth-order valence-electron chi connectivity index (χ4n) is 5.31. The lowest BCUT2D eigenvalue weighted by Crippen LogP contribution is -2.57. The number of benzene rings is 1. The average Bonchev–Trinajstić information content (AvgIpc) is 2.83. The van der Waals surface area contributed by atoms with Crippen molar-refractivity contribution in [2.45, 2.75) is 31.7 Å². The second-order valence-corrected chi connectivity index (χ2v) is 8.92. The summed E-state index contributed by atoms with van der Waals surface area (Å²) >= 11 is 0. The number of urea groups is 1. The second-order valence-electron chi connectivity index (χ2n) is 8.92. The van der Waals surface area contributed by atoms with Gasteiger partial charge in [-0.15, -0.1) is 0 Å². The van der Waals surface area contributed by atoms with E-state index in [1.54, 1.807) is 0 Å². The van der Waals surface area contributed by atoms with Crippen LogP contribution in [0.2, 0.25) is 0 Å². The molecule has 31 heavy (non-hydrogen) atoms. The van der Waals surface area contributed by atoms with Crippen LogP contribution in [0.1, 0.15) is 30.3 Å². The number of morpholine rings is 1. The molecule has 4 unspecified atom stereocenters. The van der Waals surface area contributed by atoms with Crippen LogP contribution in [0.4, 0.5) is 4.79 Å². The monoisotopic (exact) mass is 421 g/mol. The molecule has 1 aromatic heterocycles. The zero-order chi connectivity index (χ0) is 21.2. The number of piperidine rings is 3. The van der Waals surface area contributed by atoms with Gasteiger partial charge < -0.3 is 15.0 Å². The Balaban J connectivity index is 1.25. The minimum Gasteiger partial charge on any atom is -0.378 e. The van der Waals surface area contributed by atoms with E-state index in [4.69, 9.17) is 9.72 Å². The van der Waals surface area contributed by atoms with E-state index < -0.39 is 0 Å². The fourth-order valence-corrected chi connectivity index (χ4v) is 5.31. The zero-order valence-corrected chi connectivity index (χ0v) is 18.2. The van der Waals surface area contributed by atoms with Crippen LogP contribution in [0.25, 0.3) is 11.3 Å². The van der Waals surface area contributed by atoms with Crippen molar-refractivity contribution in [3.05, 3.63) is 47.9 Å². The number of aryl methyl sites for hydroxylation is 1. The predicted octanol–water partition coefficient (Wildman–Crippen LogP) is 2.67. The molecule has 1 aromatic carbocycles. The number of carbonyl (C=O) groups is 1. The minimum absolute atomic E-state index is 0.0430. The van der Waals surface area contributed by atoms with Crippen LogP contribution in [-0.4, -0.2) is 77.8 Å². The number of ether oxygens (including phenoxy) is 1. The van der Waals surface area contributed by atoms with Crippen LogP contribution >= 0.6 is 0 Å². The molecule has 0 spiro atoms. The summed E-state index contributed by atoms with van der Waals surface area (Å²) < 4.78 is 5.34.